The van der Waals surface area contributed by atoms with E-state index in [2.05, 4.69) is 36.3 Å². The molecule has 0 N–H and O–H groups in total. The number of aromatic nitrogens is 2. The van der Waals surface area contributed by atoms with Crippen LogP contribution >= 0.6 is 27.3 Å². The molecule has 7 heteroatoms. The normalized spacial score (nSPS) is 10.8. The molecule has 0 unspecified atom stereocenters. The van der Waals surface area contributed by atoms with E-state index in [1.165, 1.54) is 0 Å². The molecule has 0 fully saturated rings. The van der Waals surface area contributed by atoms with Crippen LogP contribution in [0, 0.1) is 11.3 Å². The molecule has 0 atom stereocenters. The number of imidazole rings is 1. The predicted molar refractivity (Wildman–Crippen MR) is 80.0 cm³/mol. The fourth-order valence-electron chi connectivity index (χ4n) is 1.91. The van der Waals surface area contributed by atoms with Crippen molar-refractivity contribution in [3.63, 3.8) is 0 Å². The van der Waals surface area contributed by atoms with Crippen molar-refractivity contribution in [2.75, 3.05) is 31.7 Å². The summed E-state index contributed by atoms with van der Waals surface area (Å²) < 4.78 is 7.22. The average molecular weight is 343 g/mol. The summed E-state index contributed by atoms with van der Waals surface area (Å²) in [5.41, 5.74) is 1.12. The Bertz CT molecular complexity index is 574. The van der Waals surface area contributed by atoms with Gasteiger partial charge in [0.25, 0.3) is 0 Å². The Kier molecular flexibility index (Phi) is 5.19. The fourth-order valence-corrected chi connectivity index (χ4v) is 3.16. The molecule has 0 aromatic carbocycles. The second kappa shape index (κ2) is 6.89. The standard InChI is InChI=1S/C12H15BrN4OS/c1-18-7-5-16(4-2-3-14)11-10(9-13)17-6-8-19-12(17)15-11/h6,8H,2,4-5,7,9H2,1H3. The summed E-state index contributed by atoms with van der Waals surface area (Å²) in [4.78, 5) is 7.75. The van der Waals surface area contributed by atoms with Gasteiger partial charge >= 0.3 is 0 Å². The average Bonchev–Trinajstić information content (AvgIpc) is 2.99. The minimum Gasteiger partial charge on any atom is -0.383 e. The Hall–Kier alpha value is -1.10. The van der Waals surface area contributed by atoms with Crippen LogP contribution in [-0.4, -0.2) is 36.2 Å². The van der Waals surface area contributed by atoms with E-state index in [0.717, 1.165) is 28.3 Å². The number of nitriles is 1. The van der Waals surface area contributed by atoms with Crippen LogP contribution in [0.25, 0.3) is 4.96 Å². The number of alkyl halides is 1. The fraction of sp³-hybridized carbons (Fsp3) is 0.500. The van der Waals surface area contributed by atoms with E-state index >= 15 is 0 Å². The zero-order valence-electron chi connectivity index (χ0n) is 10.7. The van der Waals surface area contributed by atoms with Gasteiger partial charge in [-0.25, -0.2) is 4.98 Å². The van der Waals surface area contributed by atoms with Gasteiger partial charge in [-0.05, 0) is 0 Å². The Morgan fingerprint density at radius 3 is 3.11 bits per heavy atom. The van der Waals surface area contributed by atoms with Crippen molar-refractivity contribution in [2.45, 2.75) is 11.8 Å². The van der Waals surface area contributed by atoms with E-state index in [-0.39, 0.29) is 0 Å². The number of nitrogens with zero attached hydrogens (tertiary/aromatic N) is 4. The van der Waals surface area contributed by atoms with Gasteiger partial charge in [0.05, 0.1) is 24.8 Å². The van der Waals surface area contributed by atoms with E-state index in [9.17, 15) is 0 Å². The molecule has 0 aliphatic rings. The maximum atomic E-state index is 8.77. The zero-order chi connectivity index (χ0) is 13.7. The van der Waals surface area contributed by atoms with Crippen LogP contribution in [0.5, 0.6) is 0 Å². The summed E-state index contributed by atoms with van der Waals surface area (Å²) in [6, 6.07) is 2.18. The highest BCUT2D eigenvalue weighted by atomic mass is 79.9. The third-order valence-corrected chi connectivity index (χ3v) is 4.11. The lowest BCUT2D eigenvalue weighted by Gasteiger charge is -2.22. The van der Waals surface area contributed by atoms with Gasteiger partial charge < -0.3 is 9.64 Å². The largest absolute Gasteiger partial charge is 0.383 e. The smallest absolute Gasteiger partial charge is 0.195 e. The first kappa shape index (κ1) is 14.3. The maximum absolute atomic E-state index is 8.77. The summed E-state index contributed by atoms with van der Waals surface area (Å²) in [7, 11) is 1.68. The molecular formula is C12H15BrN4OS. The summed E-state index contributed by atoms with van der Waals surface area (Å²) >= 11 is 5.13. The van der Waals surface area contributed by atoms with Gasteiger partial charge in [-0.1, -0.05) is 15.9 Å². The van der Waals surface area contributed by atoms with Crippen LogP contribution < -0.4 is 4.90 Å². The van der Waals surface area contributed by atoms with Crippen molar-refractivity contribution >= 4 is 38.0 Å². The van der Waals surface area contributed by atoms with Crippen LogP contribution in [-0.2, 0) is 10.1 Å². The molecule has 5 nitrogen and oxygen atoms in total. The third-order valence-electron chi connectivity index (χ3n) is 2.82. The van der Waals surface area contributed by atoms with Crippen molar-refractivity contribution in [3.05, 3.63) is 17.3 Å². The third kappa shape index (κ3) is 3.08. The van der Waals surface area contributed by atoms with Gasteiger partial charge in [-0.3, -0.25) is 4.40 Å². The number of methoxy groups -OCH3 is 1. The highest BCUT2D eigenvalue weighted by Gasteiger charge is 2.17. The van der Waals surface area contributed by atoms with Gasteiger partial charge in [0, 0.05) is 37.1 Å². The summed E-state index contributed by atoms with van der Waals surface area (Å²) in [6.07, 6.45) is 2.50. The van der Waals surface area contributed by atoms with E-state index in [4.69, 9.17) is 10.00 Å². The molecule has 0 radical (unpaired) electrons. The van der Waals surface area contributed by atoms with Crippen LogP contribution in [0.2, 0.25) is 0 Å². The molecule has 0 bridgehead atoms. The zero-order valence-corrected chi connectivity index (χ0v) is 13.1. The second-order valence-electron chi connectivity index (χ2n) is 3.96. The number of hydrogen-bond acceptors (Lipinski definition) is 5. The summed E-state index contributed by atoms with van der Waals surface area (Å²) in [5, 5.41) is 11.5. The number of hydrogen-bond donors (Lipinski definition) is 0. The lowest BCUT2D eigenvalue weighted by molar-refractivity contribution is 0.205. The van der Waals surface area contributed by atoms with Crippen LogP contribution in [0.3, 0.4) is 0 Å². The van der Waals surface area contributed by atoms with E-state index in [0.29, 0.717) is 19.6 Å². The molecule has 0 aliphatic carbocycles. The van der Waals surface area contributed by atoms with Crippen LogP contribution in [0.1, 0.15) is 12.1 Å². The molecule has 2 heterocycles. The Morgan fingerprint density at radius 1 is 1.58 bits per heavy atom. The molecule has 0 spiro atoms. The molecule has 0 saturated carbocycles. The first-order chi connectivity index (χ1) is 9.31. The maximum Gasteiger partial charge on any atom is 0.195 e. The van der Waals surface area contributed by atoms with Crippen LogP contribution in [0.15, 0.2) is 11.6 Å². The highest BCUT2D eigenvalue weighted by molar-refractivity contribution is 9.08. The van der Waals surface area contributed by atoms with Crippen LogP contribution in [0.4, 0.5) is 5.82 Å². The molecule has 2 aromatic heterocycles. The molecule has 102 valence electrons. The Labute approximate surface area is 124 Å². The van der Waals surface area contributed by atoms with Crippen molar-refractivity contribution in [2.24, 2.45) is 0 Å². The SMILES string of the molecule is COCCN(CCC#N)c1nc2sccn2c1CBr. The lowest BCUT2D eigenvalue weighted by Crippen LogP contribution is -2.29. The van der Waals surface area contributed by atoms with Gasteiger partial charge in [0.2, 0.25) is 0 Å². The minimum absolute atomic E-state index is 0.483. The van der Waals surface area contributed by atoms with Gasteiger partial charge in [0.1, 0.15) is 0 Å². The number of rotatable bonds is 7. The molecule has 19 heavy (non-hydrogen) atoms. The quantitative estimate of drug-likeness (QED) is 0.726. The van der Waals surface area contributed by atoms with Gasteiger partial charge in [0.15, 0.2) is 10.8 Å². The lowest BCUT2D eigenvalue weighted by atomic mass is 10.3. The van der Waals surface area contributed by atoms with Crippen molar-refractivity contribution in [3.8, 4) is 6.07 Å². The number of fused-ring (bicyclic) bond motifs is 1. The topological polar surface area (TPSA) is 53.6 Å². The number of anilines is 1. The molecule has 0 aliphatic heterocycles. The number of halogens is 1. The van der Waals surface area contributed by atoms with Gasteiger partial charge in [-0.2, -0.15) is 5.26 Å². The molecule has 0 saturated heterocycles. The van der Waals surface area contributed by atoms with Crippen molar-refractivity contribution in [1.29, 1.82) is 5.26 Å². The second-order valence-corrected chi connectivity index (χ2v) is 5.39. The predicted octanol–water partition coefficient (Wildman–Crippen LogP) is 2.66. The summed E-state index contributed by atoms with van der Waals surface area (Å²) in [5.74, 6) is 0.941. The molecule has 0 amide bonds. The van der Waals surface area contributed by atoms with Crippen molar-refractivity contribution < 1.29 is 4.74 Å². The van der Waals surface area contributed by atoms with Gasteiger partial charge in [-0.15, -0.1) is 11.3 Å². The van der Waals surface area contributed by atoms with E-state index in [1.807, 2.05) is 11.6 Å². The highest BCUT2D eigenvalue weighted by Crippen LogP contribution is 2.26. The minimum atomic E-state index is 0.483. The Morgan fingerprint density at radius 2 is 2.42 bits per heavy atom. The molecular weight excluding hydrogens is 328 g/mol. The van der Waals surface area contributed by atoms with Crippen molar-refractivity contribution in [1.82, 2.24) is 9.38 Å². The monoisotopic (exact) mass is 342 g/mol. The first-order valence-electron chi connectivity index (χ1n) is 5.93. The Balaban J connectivity index is 2.31. The van der Waals surface area contributed by atoms with E-state index < -0.39 is 0 Å². The first-order valence-corrected chi connectivity index (χ1v) is 7.93. The van der Waals surface area contributed by atoms with E-state index in [1.54, 1.807) is 18.4 Å². The number of ether oxygens (including phenoxy) is 1. The molecule has 2 rings (SSSR count). The summed E-state index contributed by atoms with van der Waals surface area (Å²) in [6.45, 7) is 2.03. The molecule has 2 aromatic rings. The number of thiazole rings is 1.